The first kappa shape index (κ1) is 9.75. The third-order valence-electron chi connectivity index (χ3n) is 1.44. The van der Waals surface area contributed by atoms with Crippen LogP contribution in [0, 0.1) is 6.92 Å². The van der Waals surface area contributed by atoms with E-state index in [1.165, 1.54) is 0 Å². The van der Waals surface area contributed by atoms with Gasteiger partial charge in [0, 0.05) is 5.69 Å². The van der Waals surface area contributed by atoms with E-state index in [4.69, 9.17) is 23.2 Å². The van der Waals surface area contributed by atoms with E-state index in [0.29, 0.717) is 0 Å². The molecular weight excluding hydrogens is 195 g/mol. The molecule has 12 heavy (non-hydrogen) atoms. The van der Waals surface area contributed by atoms with E-state index in [1.807, 2.05) is 26.8 Å². The van der Waals surface area contributed by atoms with E-state index in [1.54, 1.807) is 0 Å². The Hall–Kier alpha value is -0.340. The number of aryl methyl sites for hydroxylation is 1. The lowest BCUT2D eigenvalue weighted by molar-refractivity contribution is 0.724. The van der Waals surface area contributed by atoms with Crippen LogP contribution in [-0.2, 0) is 4.87 Å². The normalized spacial score (nSPS) is 11.8. The van der Waals surface area contributed by atoms with E-state index >= 15 is 0 Å². The predicted octanol–water partition coefficient (Wildman–Crippen LogP) is 2.91. The molecule has 0 saturated carbocycles. The molecule has 0 aliphatic rings. The Morgan fingerprint density at radius 1 is 1.33 bits per heavy atom. The number of halogens is 2. The first-order valence-electron chi connectivity index (χ1n) is 3.60. The first-order chi connectivity index (χ1) is 5.39. The van der Waals surface area contributed by atoms with Crippen LogP contribution in [0.3, 0.4) is 0 Å². The smallest absolute Gasteiger partial charge is 0.222 e. The van der Waals surface area contributed by atoms with Gasteiger partial charge in [-0.1, -0.05) is 0 Å². The van der Waals surface area contributed by atoms with Crippen LogP contribution < -0.4 is 0 Å². The molecule has 0 saturated heterocycles. The minimum absolute atomic E-state index is 0.249. The Labute approximate surface area is 81.9 Å². The average Bonchev–Trinajstić information content (AvgIpc) is 1.82. The second-order valence-corrected chi connectivity index (χ2v) is 4.42. The van der Waals surface area contributed by atoms with Crippen molar-refractivity contribution in [3.63, 3.8) is 0 Å². The fraction of sp³-hybridized carbons (Fsp3) is 0.500. The zero-order valence-corrected chi connectivity index (χ0v) is 8.74. The lowest BCUT2D eigenvalue weighted by Gasteiger charge is -2.14. The minimum atomic E-state index is -0.489. The third kappa shape index (κ3) is 2.32. The van der Waals surface area contributed by atoms with Gasteiger partial charge in [-0.2, -0.15) is 0 Å². The van der Waals surface area contributed by atoms with Crippen molar-refractivity contribution in [1.82, 2.24) is 9.97 Å². The molecule has 0 bridgehead atoms. The van der Waals surface area contributed by atoms with Crippen LogP contribution in [0.25, 0.3) is 0 Å². The summed E-state index contributed by atoms with van der Waals surface area (Å²) < 4.78 is 0. The summed E-state index contributed by atoms with van der Waals surface area (Å²) >= 11 is 11.7. The van der Waals surface area contributed by atoms with E-state index < -0.39 is 4.87 Å². The zero-order chi connectivity index (χ0) is 9.35. The van der Waals surface area contributed by atoms with Crippen molar-refractivity contribution in [2.24, 2.45) is 0 Å². The van der Waals surface area contributed by atoms with Crippen molar-refractivity contribution in [3.05, 3.63) is 22.7 Å². The molecule has 0 radical (unpaired) electrons. The van der Waals surface area contributed by atoms with Crippen LogP contribution >= 0.6 is 23.2 Å². The van der Waals surface area contributed by atoms with Crippen LogP contribution in [-0.4, -0.2) is 9.97 Å². The Morgan fingerprint density at radius 3 is 2.33 bits per heavy atom. The van der Waals surface area contributed by atoms with Gasteiger partial charge in [-0.3, -0.25) is 0 Å². The molecule has 1 aromatic rings. The molecule has 0 aromatic carbocycles. The van der Waals surface area contributed by atoms with Crippen LogP contribution in [0.1, 0.15) is 25.2 Å². The monoisotopic (exact) mass is 204 g/mol. The SMILES string of the molecule is Cc1cc(C(C)(C)Cl)nc(Cl)n1. The van der Waals surface area contributed by atoms with Gasteiger partial charge in [-0.05, 0) is 38.4 Å². The summed E-state index contributed by atoms with van der Waals surface area (Å²) in [4.78, 5) is 7.48. The lowest BCUT2D eigenvalue weighted by Crippen LogP contribution is -2.11. The second-order valence-electron chi connectivity index (χ2n) is 3.14. The molecule has 1 heterocycles. The molecule has 0 amide bonds. The Kier molecular flexibility index (Phi) is 2.59. The largest absolute Gasteiger partial charge is 0.223 e. The molecule has 1 aromatic heterocycles. The van der Waals surface area contributed by atoms with Gasteiger partial charge in [0.2, 0.25) is 5.28 Å². The molecule has 0 aliphatic heterocycles. The van der Waals surface area contributed by atoms with Crippen molar-refractivity contribution < 1.29 is 0 Å². The maximum Gasteiger partial charge on any atom is 0.222 e. The van der Waals surface area contributed by atoms with E-state index in [9.17, 15) is 0 Å². The highest BCUT2D eigenvalue weighted by Crippen LogP contribution is 2.26. The fourth-order valence-electron chi connectivity index (χ4n) is 0.837. The Bertz CT molecular complexity index is 271. The van der Waals surface area contributed by atoms with Gasteiger partial charge in [-0.25, -0.2) is 9.97 Å². The minimum Gasteiger partial charge on any atom is -0.223 e. The lowest BCUT2D eigenvalue weighted by atomic mass is 10.1. The van der Waals surface area contributed by atoms with E-state index in [2.05, 4.69) is 9.97 Å². The molecule has 0 fully saturated rings. The third-order valence-corrected chi connectivity index (χ3v) is 1.80. The summed E-state index contributed by atoms with van der Waals surface area (Å²) in [5.74, 6) is 0. The predicted molar refractivity (Wildman–Crippen MR) is 50.7 cm³/mol. The van der Waals surface area contributed by atoms with Gasteiger partial charge in [0.25, 0.3) is 0 Å². The topological polar surface area (TPSA) is 25.8 Å². The van der Waals surface area contributed by atoms with Gasteiger partial charge in [0.15, 0.2) is 0 Å². The van der Waals surface area contributed by atoms with E-state index in [0.717, 1.165) is 11.4 Å². The maximum absolute atomic E-state index is 6.05. The number of hydrogen-bond donors (Lipinski definition) is 0. The Balaban J connectivity index is 3.18. The van der Waals surface area contributed by atoms with Gasteiger partial charge < -0.3 is 0 Å². The average molecular weight is 205 g/mol. The first-order valence-corrected chi connectivity index (χ1v) is 4.36. The molecule has 66 valence electrons. The second kappa shape index (κ2) is 3.19. The van der Waals surface area contributed by atoms with Crippen molar-refractivity contribution >= 4 is 23.2 Å². The molecule has 2 nitrogen and oxygen atoms in total. The highest BCUT2D eigenvalue weighted by atomic mass is 35.5. The molecule has 0 spiro atoms. The molecule has 1 rings (SSSR count). The van der Waals surface area contributed by atoms with Crippen LogP contribution in [0.15, 0.2) is 6.07 Å². The summed E-state index contributed by atoms with van der Waals surface area (Å²) in [5, 5.41) is 0.249. The van der Waals surface area contributed by atoms with Crippen LogP contribution in [0.5, 0.6) is 0 Å². The number of hydrogen-bond acceptors (Lipinski definition) is 2. The van der Waals surface area contributed by atoms with Gasteiger partial charge in [-0.15, -0.1) is 11.6 Å². The zero-order valence-electron chi connectivity index (χ0n) is 7.23. The fourth-order valence-corrected chi connectivity index (χ4v) is 1.16. The van der Waals surface area contributed by atoms with Crippen LogP contribution in [0.2, 0.25) is 5.28 Å². The van der Waals surface area contributed by atoms with Crippen molar-refractivity contribution in [3.8, 4) is 0 Å². The number of alkyl halides is 1. The molecule has 0 unspecified atom stereocenters. The van der Waals surface area contributed by atoms with Crippen LogP contribution in [0.4, 0.5) is 0 Å². The summed E-state index contributed by atoms with van der Waals surface area (Å²) in [7, 11) is 0. The van der Waals surface area contributed by atoms with Gasteiger partial charge >= 0.3 is 0 Å². The molecular formula is C8H10Cl2N2. The standard InChI is InChI=1S/C8H10Cl2N2/c1-5-4-6(8(2,3)10)12-7(9)11-5/h4H,1-3H3. The highest BCUT2D eigenvalue weighted by molar-refractivity contribution is 6.28. The van der Waals surface area contributed by atoms with Gasteiger partial charge in [0.05, 0.1) is 10.6 Å². The number of aromatic nitrogens is 2. The molecule has 4 heteroatoms. The van der Waals surface area contributed by atoms with Crippen molar-refractivity contribution in [1.29, 1.82) is 0 Å². The molecule has 0 aliphatic carbocycles. The number of rotatable bonds is 1. The molecule has 0 atom stereocenters. The number of nitrogens with zero attached hydrogens (tertiary/aromatic N) is 2. The van der Waals surface area contributed by atoms with Gasteiger partial charge in [0.1, 0.15) is 0 Å². The summed E-state index contributed by atoms with van der Waals surface area (Å²) in [5.41, 5.74) is 1.58. The van der Waals surface area contributed by atoms with E-state index in [-0.39, 0.29) is 5.28 Å². The summed E-state index contributed by atoms with van der Waals surface area (Å²) in [6.07, 6.45) is 0. The summed E-state index contributed by atoms with van der Waals surface area (Å²) in [6.45, 7) is 5.60. The van der Waals surface area contributed by atoms with Crippen molar-refractivity contribution in [2.75, 3.05) is 0 Å². The Morgan fingerprint density at radius 2 is 1.92 bits per heavy atom. The highest BCUT2D eigenvalue weighted by Gasteiger charge is 2.19. The molecule has 0 N–H and O–H groups in total. The summed E-state index contributed by atoms with van der Waals surface area (Å²) in [6, 6.07) is 1.83. The van der Waals surface area contributed by atoms with Crippen molar-refractivity contribution in [2.45, 2.75) is 25.6 Å². The quantitative estimate of drug-likeness (QED) is 0.520. The maximum atomic E-state index is 6.05.